The van der Waals surface area contributed by atoms with E-state index in [1.807, 2.05) is 11.4 Å². The van der Waals surface area contributed by atoms with Crippen molar-refractivity contribution in [3.63, 3.8) is 0 Å². The molecule has 2 N–H and O–H groups in total. The van der Waals surface area contributed by atoms with Crippen LogP contribution in [0.25, 0.3) is 11.4 Å². The van der Waals surface area contributed by atoms with Crippen LogP contribution in [0.5, 0.6) is 0 Å². The van der Waals surface area contributed by atoms with Crippen LogP contribution in [0.15, 0.2) is 34.5 Å². The molecule has 0 aromatic carbocycles. The predicted octanol–water partition coefficient (Wildman–Crippen LogP) is 2.84. The highest BCUT2D eigenvalue weighted by Crippen LogP contribution is 2.39. The smallest absolute Gasteiger partial charge is 0.228 e. The molecule has 10 heteroatoms. The number of pyridine rings is 1. The number of aromatic nitrogens is 4. The molecule has 1 aliphatic rings. The van der Waals surface area contributed by atoms with Gasteiger partial charge in [0, 0.05) is 35.9 Å². The molecule has 0 saturated heterocycles. The van der Waals surface area contributed by atoms with Gasteiger partial charge in [-0.25, -0.2) is 4.98 Å². The number of halogens is 1. The van der Waals surface area contributed by atoms with Gasteiger partial charge in [0.2, 0.25) is 11.8 Å². The largest absolute Gasteiger partial charge is 0.324 e. The SMILES string of the molecule is Cn1cnc(-c2c(Br)csc2NC(=O)CC2Cc3ncccc3NC2=O)n1. The zero-order valence-electron chi connectivity index (χ0n) is 14.3. The van der Waals surface area contributed by atoms with Gasteiger partial charge in [-0.15, -0.1) is 11.3 Å². The first kappa shape index (κ1) is 17.8. The Morgan fingerprint density at radius 3 is 3.11 bits per heavy atom. The molecule has 0 radical (unpaired) electrons. The summed E-state index contributed by atoms with van der Waals surface area (Å²) >= 11 is 4.86. The zero-order valence-corrected chi connectivity index (χ0v) is 16.7. The highest BCUT2D eigenvalue weighted by molar-refractivity contribution is 9.10. The second kappa shape index (κ2) is 7.20. The van der Waals surface area contributed by atoms with Crippen molar-refractivity contribution in [2.24, 2.45) is 13.0 Å². The number of aryl methyl sites for hydroxylation is 1. The number of hydrogen-bond donors (Lipinski definition) is 2. The minimum absolute atomic E-state index is 0.0758. The molecule has 4 heterocycles. The maximum Gasteiger partial charge on any atom is 0.228 e. The maximum absolute atomic E-state index is 12.6. The van der Waals surface area contributed by atoms with E-state index in [0.717, 1.165) is 15.7 Å². The lowest BCUT2D eigenvalue weighted by Crippen LogP contribution is -2.33. The molecule has 8 nitrogen and oxygen atoms in total. The van der Waals surface area contributed by atoms with E-state index in [9.17, 15) is 9.59 Å². The van der Waals surface area contributed by atoms with Crippen LogP contribution in [0.4, 0.5) is 10.7 Å². The lowest BCUT2D eigenvalue weighted by atomic mass is 9.93. The molecule has 0 fully saturated rings. The van der Waals surface area contributed by atoms with E-state index in [2.05, 4.69) is 41.6 Å². The Balaban J connectivity index is 1.49. The van der Waals surface area contributed by atoms with Gasteiger partial charge in [0.15, 0.2) is 5.82 Å². The standard InChI is InChI=1S/C17H15BrN6O2S/c1-24-8-20-15(23-24)14-10(18)7-27-17(14)22-13(25)6-9-5-12-11(21-16(9)26)3-2-4-19-12/h2-4,7-9H,5-6H2,1H3,(H,21,26)(H,22,25). The highest BCUT2D eigenvalue weighted by Gasteiger charge is 2.29. The molecule has 1 unspecified atom stereocenters. The van der Waals surface area contributed by atoms with Gasteiger partial charge in [-0.1, -0.05) is 0 Å². The van der Waals surface area contributed by atoms with Crippen LogP contribution in [0.2, 0.25) is 0 Å². The van der Waals surface area contributed by atoms with Gasteiger partial charge in [-0.05, 0) is 28.1 Å². The van der Waals surface area contributed by atoms with Crippen LogP contribution < -0.4 is 10.6 Å². The summed E-state index contributed by atoms with van der Waals surface area (Å²) in [6, 6.07) is 3.58. The second-order valence-electron chi connectivity index (χ2n) is 6.17. The topological polar surface area (TPSA) is 102 Å². The van der Waals surface area contributed by atoms with Crippen LogP contribution in [0, 0.1) is 5.92 Å². The Labute approximate surface area is 167 Å². The van der Waals surface area contributed by atoms with E-state index in [4.69, 9.17) is 0 Å². The van der Waals surface area contributed by atoms with Crippen LogP contribution in [0.1, 0.15) is 12.1 Å². The molecule has 1 aliphatic heterocycles. The fourth-order valence-corrected chi connectivity index (χ4v) is 4.55. The van der Waals surface area contributed by atoms with Gasteiger partial charge in [0.05, 0.1) is 22.9 Å². The molecule has 138 valence electrons. The van der Waals surface area contributed by atoms with E-state index < -0.39 is 5.92 Å². The predicted molar refractivity (Wildman–Crippen MR) is 105 cm³/mol. The molecule has 0 spiro atoms. The van der Waals surface area contributed by atoms with E-state index in [1.165, 1.54) is 11.3 Å². The van der Waals surface area contributed by atoms with Crippen molar-refractivity contribution in [2.45, 2.75) is 12.8 Å². The summed E-state index contributed by atoms with van der Waals surface area (Å²) in [6.07, 6.45) is 3.80. The minimum Gasteiger partial charge on any atom is -0.324 e. The Bertz CT molecular complexity index is 1030. The number of carbonyl (C=O) groups is 2. The van der Waals surface area contributed by atoms with Crippen molar-refractivity contribution < 1.29 is 9.59 Å². The summed E-state index contributed by atoms with van der Waals surface area (Å²) in [5.41, 5.74) is 2.24. The van der Waals surface area contributed by atoms with Gasteiger partial charge in [0.25, 0.3) is 0 Å². The Morgan fingerprint density at radius 2 is 2.33 bits per heavy atom. The Kier molecular flexibility index (Phi) is 4.75. The molecule has 0 saturated carbocycles. The third kappa shape index (κ3) is 3.62. The van der Waals surface area contributed by atoms with Crippen molar-refractivity contribution in [2.75, 3.05) is 10.6 Å². The fourth-order valence-electron chi connectivity index (χ4n) is 2.93. The molecule has 27 heavy (non-hydrogen) atoms. The lowest BCUT2D eigenvalue weighted by molar-refractivity contribution is -0.125. The molecular weight excluding hydrogens is 432 g/mol. The summed E-state index contributed by atoms with van der Waals surface area (Å²) in [5.74, 6) is -0.327. The average Bonchev–Trinajstić information content (AvgIpc) is 3.21. The van der Waals surface area contributed by atoms with Gasteiger partial charge in [0.1, 0.15) is 11.3 Å². The summed E-state index contributed by atoms with van der Waals surface area (Å²) in [6.45, 7) is 0. The first-order valence-electron chi connectivity index (χ1n) is 8.19. The normalized spacial score (nSPS) is 15.9. The lowest BCUT2D eigenvalue weighted by Gasteiger charge is -2.23. The first-order valence-corrected chi connectivity index (χ1v) is 9.86. The molecule has 0 bridgehead atoms. The van der Waals surface area contributed by atoms with E-state index in [1.54, 1.807) is 30.3 Å². The zero-order chi connectivity index (χ0) is 19.0. The third-order valence-corrected chi connectivity index (χ3v) is 6.04. The summed E-state index contributed by atoms with van der Waals surface area (Å²) in [5, 5.41) is 12.5. The quantitative estimate of drug-likeness (QED) is 0.641. The third-order valence-electron chi connectivity index (χ3n) is 4.21. The van der Waals surface area contributed by atoms with E-state index >= 15 is 0 Å². The maximum atomic E-state index is 12.6. The first-order chi connectivity index (χ1) is 13.0. The molecular formula is C17H15BrN6O2S. The Morgan fingerprint density at radius 1 is 1.48 bits per heavy atom. The van der Waals surface area contributed by atoms with Crippen LogP contribution >= 0.6 is 27.3 Å². The number of thiophene rings is 1. The van der Waals surface area contributed by atoms with E-state index in [-0.39, 0.29) is 18.2 Å². The van der Waals surface area contributed by atoms with Crippen molar-refractivity contribution in [3.8, 4) is 11.4 Å². The summed E-state index contributed by atoms with van der Waals surface area (Å²) in [7, 11) is 1.78. The molecule has 0 aliphatic carbocycles. The van der Waals surface area contributed by atoms with Crippen LogP contribution in [0.3, 0.4) is 0 Å². The van der Waals surface area contributed by atoms with Gasteiger partial charge >= 0.3 is 0 Å². The number of anilines is 2. The average molecular weight is 447 g/mol. The van der Waals surface area contributed by atoms with Crippen LogP contribution in [-0.4, -0.2) is 31.6 Å². The number of amides is 2. The number of hydrogen-bond acceptors (Lipinski definition) is 6. The number of rotatable bonds is 4. The Hall–Kier alpha value is -2.59. The molecule has 4 rings (SSSR count). The number of carbonyl (C=O) groups excluding carboxylic acids is 2. The van der Waals surface area contributed by atoms with E-state index in [0.29, 0.717) is 22.9 Å². The molecule has 3 aromatic rings. The number of fused-ring (bicyclic) bond motifs is 1. The van der Waals surface area contributed by atoms with Crippen molar-refractivity contribution in [1.29, 1.82) is 0 Å². The number of nitrogens with one attached hydrogen (secondary N) is 2. The van der Waals surface area contributed by atoms with Gasteiger partial charge in [-0.2, -0.15) is 5.10 Å². The number of nitrogens with zero attached hydrogens (tertiary/aromatic N) is 4. The fraction of sp³-hybridized carbons (Fsp3) is 0.235. The second-order valence-corrected chi connectivity index (χ2v) is 7.90. The monoisotopic (exact) mass is 446 g/mol. The molecule has 2 amide bonds. The van der Waals surface area contributed by atoms with Crippen molar-refractivity contribution >= 4 is 49.8 Å². The van der Waals surface area contributed by atoms with Crippen LogP contribution in [-0.2, 0) is 23.1 Å². The molecule has 3 aromatic heterocycles. The van der Waals surface area contributed by atoms with Crippen molar-refractivity contribution in [3.05, 3.63) is 40.2 Å². The summed E-state index contributed by atoms with van der Waals surface area (Å²) < 4.78 is 2.41. The highest BCUT2D eigenvalue weighted by atomic mass is 79.9. The minimum atomic E-state index is -0.452. The van der Waals surface area contributed by atoms with Gasteiger partial charge in [-0.3, -0.25) is 19.3 Å². The van der Waals surface area contributed by atoms with Crippen molar-refractivity contribution in [1.82, 2.24) is 19.7 Å². The molecule has 1 atom stereocenters. The summed E-state index contributed by atoms with van der Waals surface area (Å²) in [4.78, 5) is 33.4. The van der Waals surface area contributed by atoms with Gasteiger partial charge < -0.3 is 10.6 Å².